The summed E-state index contributed by atoms with van der Waals surface area (Å²) in [5, 5.41) is 0. The molecule has 0 N–H and O–H groups in total. The summed E-state index contributed by atoms with van der Waals surface area (Å²) in [6.07, 6.45) is 1.77. The van der Waals surface area contributed by atoms with Crippen LogP contribution in [0.5, 0.6) is 0 Å². The summed E-state index contributed by atoms with van der Waals surface area (Å²) in [7, 11) is 0. The second-order valence-corrected chi connectivity index (χ2v) is 8.51. The van der Waals surface area contributed by atoms with E-state index in [1.807, 2.05) is 44.2 Å². The molecule has 0 saturated carbocycles. The quantitative estimate of drug-likeness (QED) is 0.573. The van der Waals surface area contributed by atoms with Crippen LogP contribution in [-0.2, 0) is 20.7 Å². The number of amides is 3. The van der Waals surface area contributed by atoms with Crippen molar-refractivity contribution in [3.63, 3.8) is 0 Å². The molecule has 1 aromatic carbocycles. The molecule has 1 aromatic heterocycles. The summed E-state index contributed by atoms with van der Waals surface area (Å²) < 4.78 is 5.95. The van der Waals surface area contributed by atoms with Crippen LogP contribution in [0, 0.1) is 0 Å². The number of rotatable bonds is 9. The summed E-state index contributed by atoms with van der Waals surface area (Å²) in [4.78, 5) is 47.7. The van der Waals surface area contributed by atoms with Gasteiger partial charge in [0.15, 0.2) is 0 Å². The van der Waals surface area contributed by atoms with Crippen molar-refractivity contribution in [3.8, 4) is 0 Å². The lowest BCUT2D eigenvalue weighted by Gasteiger charge is -2.26. The van der Waals surface area contributed by atoms with Gasteiger partial charge in [-0.25, -0.2) is 0 Å². The number of ether oxygens (including phenoxy) is 1. The van der Waals surface area contributed by atoms with E-state index in [0.717, 1.165) is 5.56 Å². The standard InChI is InChI=1S/C23H30N4O4S/c1-3-25(4-2)22(29)16-31-19-13-26(11-10-18-8-6-5-7-9-18)21(28)15-27(14-19)23(30)20-12-24-17-32-20/h5-9,12,17,19H,3-4,10-11,13-16H2,1-2H3/t19-/m0/s1. The minimum Gasteiger partial charge on any atom is -0.365 e. The Morgan fingerprint density at radius 1 is 1.19 bits per heavy atom. The highest BCUT2D eigenvalue weighted by atomic mass is 32.1. The fourth-order valence-electron chi connectivity index (χ4n) is 3.70. The molecular weight excluding hydrogens is 428 g/mol. The lowest BCUT2D eigenvalue weighted by Crippen LogP contribution is -2.41. The van der Waals surface area contributed by atoms with Crippen LogP contribution in [0.25, 0.3) is 0 Å². The molecule has 1 saturated heterocycles. The molecule has 32 heavy (non-hydrogen) atoms. The second-order valence-electron chi connectivity index (χ2n) is 7.63. The zero-order chi connectivity index (χ0) is 22.9. The van der Waals surface area contributed by atoms with Gasteiger partial charge >= 0.3 is 0 Å². The SMILES string of the molecule is CCN(CC)C(=O)CO[C@H]1CN(CCc2ccccc2)C(=O)CN(C(=O)c2cncs2)C1. The van der Waals surface area contributed by atoms with Crippen molar-refractivity contribution >= 4 is 29.1 Å². The summed E-state index contributed by atoms with van der Waals surface area (Å²) in [5.74, 6) is -0.462. The lowest BCUT2D eigenvalue weighted by atomic mass is 10.1. The third-order valence-electron chi connectivity index (χ3n) is 5.53. The van der Waals surface area contributed by atoms with Crippen molar-refractivity contribution in [3.05, 3.63) is 52.5 Å². The molecule has 0 aliphatic carbocycles. The summed E-state index contributed by atoms with van der Waals surface area (Å²) in [5.41, 5.74) is 2.73. The fourth-order valence-corrected chi connectivity index (χ4v) is 4.28. The van der Waals surface area contributed by atoms with Crippen LogP contribution in [-0.4, -0.2) is 89.4 Å². The first-order valence-corrected chi connectivity index (χ1v) is 11.8. The van der Waals surface area contributed by atoms with Crippen molar-refractivity contribution < 1.29 is 19.1 Å². The Morgan fingerprint density at radius 3 is 2.59 bits per heavy atom. The third-order valence-corrected chi connectivity index (χ3v) is 6.29. The Balaban J connectivity index is 1.71. The van der Waals surface area contributed by atoms with Gasteiger partial charge < -0.3 is 19.4 Å². The normalized spacial score (nSPS) is 16.7. The average molecular weight is 459 g/mol. The molecule has 0 radical (unpaired) electrons. The molecule has 0 bridgehead atoms. The Morgan fingerprint density at radius 2 is 1.94 bits per heavy atom. The van der Waals surface area contributed by atoms with E-state index in [1.165, 1.54) is 22.4 Å². The van der Waals surface area contributed by atoms with Gasteiger partial charge in [0.25, 0.3) is 5.91 Å². The second kappa shape index (κ2) is 11.7. The van der Waals surface area contributed by atoms with Crippen LogP contribution in [0.4, 0.5) is 0 Å². The Hall–Kier alpha value is -2.78. The van der Waals surface area contributed by atoms with Gasteiger partial charge in [-0.1, -0.05) is 30.3 Å². The predicted molar refractivity (Wildman–Crippen MR) is 122 cm³/mol. The number of likely N-dealkylation sites (N-methyl/N-ethyl adjacent to an activating group) is 1. The molecule has 0 spiro atoms. The predicted octanol–water partition coefficient (Wildman–Crippen LogP) is 1.92. The molecule has 1 fully saturated rings. The van der Waals surface area contributed by atoms with Gasteiger partial charge in [0.2, 0.25) is 11.8 Å². The van der Waals surface area contributed by atoms with Crippen LogP contribution in [0.3, 0.4) is 0 Å². The van der Waals surface area contributed by atoms with E-state index in [4.69, 9.17) is 4.74 Å². The van der Waals surface area contributed by atoms with E-state index in [9.17, 15) is 14.4 Å². The summed E-state index contributed by atoms with van der Waals surface area (Å²) >= 11 is 1.24. The van der Waals surface area contributed by atoms with Crippen LogP contribution in [0.15, 0.2) is 42.0 Å². The van der Waals surface area contributed by atoms with E-state index >= 15 is 0 Å². The number of nitrogens with zero attached hydrogens (tertiary/aromatic N) is 4. The molecule has 1 atom stereocenters. The van der Waals surface area contributed by atoms with Crippen molar-refractivity contribution in [2.45, 2.75) is 26.4 Å². The van der Waals surface area contributed by atoms with E-state index in [2.05, 4.69) is 4.98 Å². The molecule has 1 aliphatic heterocycles. The fraction of sp³-hybridized carbons (Fsp3) is 0.478. The minimum absolute atomic E-state index is 0.0185. The van der Waals surface area contributed by atoms with Gasteiger partial charge in [-0.3, -0.25) is 19.4 Å². The van der Waals surface area contributed by atoms with Crippen LogP contribution < -0.4 is 0 Å². The number of aromatic nitrogens is 1. The molecule has 8 nitrogen and oxygen atoms in total. The first-order valence-electron chi connectivity index (χ1n) is 10.9. The van der Waals surface area contributed by atoms with Gasteiger partial charge in [-0.15, -0.1) is 11.3 Å². The summed E-state index contributed by atoms with van der Waals surface area (Å²) in [6.45, 7) is 6.08. The molecular formula is C23H30N4O4S. The van der Waals surface area contributed by atoms with Gasteiger partial charge in [-0.2, -0.15) is 0 Å². The number of thiazole rings is 1. The first kappa shape index (κ1) is 23.9. The molecule has 172 valence electrons. The first-order chi connectivity index (χ1) is 15.5. The molecule has 1 aliphatic rings. The minimum atomic E-state index is -0.450. The summed E-state index contributed by atoms with van der Waals surface area (Å²) in [6, 6.07) is 9.96. The van der Waals surface area contributed by atoms with E-state index < -0.39 is 6.10 Å². The van der Waals surface area contributed by atoms with Crippen molar-refractivity contribution in [1.82, 2.24) is 19.7 Å². The van der Waals surface area contributed by atoms with Gasteiger partial charge in [0.05, 0.1) is 17.8 Å². The zero-order valence-corrected chi connectivity index (χ0v) is 19.4. The topological polar surface area (TPSA) is 83.0 Å². The maximum atomic E-state index is 13.0. The highest BCUT2D eigenvalue weighted by Crippen LogP contribution is 2.15. The largest absolute Gasteiger partial charge is 0.365 e. The lowest BCUT2D eigenvalue weighted by molar-refractivity contribution is -0.138. The maximum absolute atomic E-state index is 13.0. The van der Waals surface area contributed by atoms with E-state index in [0.29, 0.717) is 37.5 Å². The highest BCUT2D eigenvalue weighted by Gasteiger charge is 2.32. The average Bonchev–Trinajstić information content (AvgIpc) is 3.29. The molecule has 3 amide bonds. The molecule has 2 heterocycles. The van der Waals surface area contributed by atoms with E-state index in [-0.39, 0.29) is 37.4 Å². The van der Waals surface area contributed by atoms with Crippen molar-refractivity contribution in [1.29, 1.82) is 0 Å². The van der Waals surface area contributed by atoms with Gasteiger partial charge in [0.1, 0.15) is 18.0 Å². The number of benzene rings is 1. The zero-order valence-electron chi connectivity index (χ0n) is 18.6. The van der Waals surface area contributed by atoms with Crippen LogP contribution >= 0.6 is 11.3 Å². The number of hydrogen-bond donors (Lipinski definition) is 0. The Bertz CT molecular complexity index is 887. The van der Waals surface area contributed by atoms with Gasteiger partial charge in [-0.05, 0) is 25.8 Å². The molecule has 0 unspecified atom stereocenters. The number of hydrogen-bond acceptors (Lipinski definition) is 6. The van der Waals surface area contributed by atoms with Crippen LogP contribution in [0.2, 0.25) is 0 Å². The number of carbonyl (C=O) groups is 3. The van der Waals surface area contributed by atoms with E-state index in [1.54, 1.807) is 15.3 Å². The highest BCUT2D eigenvalue weighted by molar-refractivity contribution is 7.11. The number of carbonyl (C=O) groups excluding carboxylic acids is 3. The molecule has 2 aromatic rings. The van der Waals surface area contributed by atoms with Crippen LogP contribution in [0.1, 0.15) is 29.1 Å². The maximum Gasteiger partial charge on any atom is 0.266 e. The Kier molecular flexibility index (Phi) is 8.75. The molecule has 9 heteroatoms. The third kappa shape index (κ3) is 6.37. The van der Waals surface area contributed by atoms with Crippen molar-refractivity contribution in [2.24, 2.45) is 0 Å². The Labute approximate surface area is 192 Å². The van der Waals surface area contributed by atoms with Gasteiger partial charge in [0, 0.05) is 32.7 Å². The van der Waals surface area contributed by atoms with Crippen molar-refractivity contribution in [2.75, 3.05) is 45.9 Å². The smallest absolute Gasteiger partial charge is 0.266 e. The monoisotopic (exact) mass is 458 g/mol. The molecule has 3 rings (SSSR count).